The Bertz CT molecular complexity index is 536. The normalized spacial score (nSPS) is 22.9. The van der Waals surface area contributed by atoms with Gasteiger partial charge in [-0.3, -0.25) is 4.79 Å². The van der Waals surface area contributed by atoms with Crippen LogP contribution < -0.4 is 5.73 Å². The third kappa shape index (κ3) is 1.71. The summed E-state index contributed by atoms with van der Waals surface area (Å²) >= 11 is 0. The number of nitrogens with zero attached hydrogens (tertiary/aromatic N) is 1. The second-order valence-corrected chi connectivity index (χ2v) is 4.44. The Labute approximate surface area is 105 Å². The second-order valence-electron chi connectivity index (χ2n) is 4.44. The molecule has 2 atom stereocenters. The number of benzene rings is 1. The van der Waals surface area contributed by atoms with Crippen LogP contribution in [0.1, 0.15) is 17.4 Å². The molecule has 4 nitrogen and oxygen atoms in total. The van der Waals surface area contributed by atoms with E-state index in [-0.39, 0.29) is 11.9 Å². The molecule has 0 spiro atoms. The van der Waals surface area contributed by atoms with Crippen LogP contribution in [0.15, 0.2) is 53.1 Å². The van der Waals surface area contributed by atoms with Gasteiger partial charge in [0.1, 0.15) is 17.8 Å². The smallest absolute Gasteiger partial charge is 0.243 e. The van der Waals surface area contributed by atoms with Gasteiger partial charge >= 0.3 is 0 Å². The lowest BCUT2D eigenvalue weighted by Crippen LogP contribution is -2.62. The fraction of sp³-hybridized carbons (Fsp3) is 0.214. The SMILES string of the molecule is N[C@H]1C(=O)N(Cc2ccccc2)[C@H]1c1ccco1. The molecule has 0 unspecified atom stereocenters. The standard InChI is InChI=1S/C14H14N2O2/c15-12-13(11-7-4-8-18-11)16(14(12)17)9-10-5-2-1-3-6-10/h1-8,12-13H,9,15H2/t12-,13+/m1/s1. The first-order valence-electron chi connectivity index (χ1n) is 5.91. The second kappa shape index (κ2) is 4.31. The maximum absolute atomic E-state index is 11.8. The molecule has 1 fully saturated rings. The average molecular weight is 242 g/mol. The van der Waals surface area contributed by atoms with Crippen LogP contribution in [0.5, 0.6) is 0 Å². The molecule has 1 amide bonds. The molecule has 0 aliphatic carbocycles. The zero-order chi connectivity index (χ0) is 12.5. The highest BCUT2D eigenvalue weighted by molar-refractivity contribution is 5.89. The summed E-state index contributed by atoms with van der Waals surface area (Å²) in [4.78, 5) is 13.6. The molecule has 18 heavy (non-hydrogen) atoms. The molecule has 4 heteroatoms. The number of carbonyl (C=O) groups excluding carboxylic acids is 1. The number of nitrogens with two attached hydrogens (primary N) is 1. The number of hydrogen-bond acceptors (Lipinski definition) is 3. The van der Waals surface area contributed by atoms with Crippen molar-refractivity contribution in [3.05, 3.63) is 60.1 Å². The number of hydrogen-bond donors (Lipinski definition) is 1. The Morgan fingerprint density at radius 3 is 2.61 bits per heavy atom. The van der Waals surface area contributed by atoms with Crippen molar-refractivity contribution in [3.8, 4) is 0 Å². The Balaban J connectivity index is 1.81. The first kappa shape index (κ1) is 11.0. The quantitative estimate of drug-likeness (QED) is 0.833. The molecule has 0 bridgehead atoms. The highest BCUT2D eigenvalue weighted by Gasteiger charge is 2.47. The summed E-state index contributed by atoms with van der Waals surface area (Å²) in [5.41, 5.74) is 6.94. The number of rotatable bonds is 3. The van der Waals surface area contributed by atoms with E-state index in [0.717, 1.165) is 11.3 Å². The van der Waals surface area contributed by atoms with Crippen molar-refractivity contribution in [3.63, 3.8) is 0 Å². The molecule has 3 rings (SSSR count). The summed E-state index contributed by atoms with van der Waals surface area (Å²) in [6.07, 6.45) is 1.60. The van der Waals surface area contributed by atoms with Crippen LogP contribution in [-0.4, -0.2) is 16.8 Å². The van der Waals surface area contributed by atoms with E-state index < -0.39 is 6.04 Å². The predicted molar refractivity (Wildman–Crippen MR) is 66.4 cm³/mol. The van der Waals surface area contributed by atoms with Crippen molar-refractivity contribution in [2.75, 3.05) is 0 Å². The van der Waals surface area contributed by atoms with Gasteiger partial charge in [-0.1, -0.05) is 30.3 Å². The molecule has 0 saturated carbocycles. The summed E-state index contributed by atoms with van der Waals surface area (Å²) < 4.78 is 5.35. The summed E-state index contributed by atoms with van der Waals surface area (Å²) in [6.45, 7) is 0.568. The third-order valence-corrected chi connectivity index (χ3v) is 3.27. The van der Waals surface area contributed by atoms with Crippen molar-refractivity contribution >= 4 is 5.91 Å². The number of furan rings is 1. The molecule has 2 aromatic rings. The average Bonchev–Trinajstić information content (AvgIpc) is 2.92. The van der Waals surface area contributed by atoms with Gasteiger partial charge < -0.3 is 15.1 Å². The summed E-state index contributed by atoms with van der Waals surface area (Å²) in [5.74, 6) is 0.721. The van der Waals surface area contributed by atoms with Crippen LogP contribution in [-0.2, 0) is 11.3 Å². The topological polar surface area (TPSA) is 59.5 Å². The molecule has 2 N–H and O–H groups in total. The zero-order valence-electron chi connectivity index (χ0n) is 9.82. The van der Waals surface area contributed by atoms with Gasteiger partial charge in [-0.15, -0.1) is 0 Å². The van der Waals surface area contributed by atoms with E-state index in [1.807, 2.05) is 42.5 Å². The van der Waals surface area contributed by atoms with Crippen LogP contribution in [0.4, 0.5) is 0 Å². The molecule has 92 valence electrons. The maximum atomic E-state index is 11.8. The minimum Gasteiger partial charge on any atom is -0.467 e. The number of β-lactam (4-membered cyclic amide) rings is 1. The van der Waals surface area contributed by atoms with Crippen LogP contribution in [0, 0.1) is 0 Å². The van der Waals surface area contributed by atoms with Gasteiger partial charge in [0.25, 0.3) is 0 Å². The van der Waals surface area contributed by atoms with Gasteiger partial charge in [-0.2, -0.15) is 0 Å². The molecule has 1 aromatic carbocycles. The van der Waals surface area contributed by atoms with Gasteiger partial charge in [0.05, 0.1) is 6.26 Å². The number of likely N-dealkylation sites (tertiary alicyclic amines) is 1. The summed E-state index contributed by atoms with van der Waals surface area (Å²) in [5, 5.41) is 0. The minimum absolute atomic E-state index is 0.0275. The first-order valence-corrected chi connectivity index (χ1v) is 5.91. The van der Waals surface area contributed by atoms with E-state index >= 15 is 0 Å². The zero-order valence-corrected chi connectivity index (χ0v) is 9.82. The molecule has 0 radical (unpaired) electrons. The van der Waals surface area contributed by atoms with E-state index in [2.05, 4.69) is 0 Å². The van der Waals surface area contributed by atoms with Crippen molar-refractivity contribution in [1.82, 2.24) is 4.90 Å². The summed E-state index contributed by atoms with van der Waals surface area (Å²) in [7, 11) is 0. The van der Waals surface area contributed by atoms with Crippen LogP contribution in [0.25, 0.3) is 0 Å². The Hall–Kier alpha value is -2.07. The van der Waals surface area contributed by atoms with Gasteiger partial charge in [0, 0.05) is 6.54 Å². The largest absolute Gasteiger partial charge is 0.467 e. The van der Waals surface area contributed by atoms with Gasteiger partial charge in [-0.25, -0.2) is 0 Å². The molecule has 1 saturated heterocycles. The highest BCUT2D eigenvalue weighted by Crippen LogP contribution is 2.35. The Kier molecular flexibility index (Phi) is 2.64. The number of amides is 1. The van der Waals surface area contributed by atoms with Crippen LogP contribution in [0.2, 0.25) is 0 Å². The molecular weight excluding hydrogens is 228 g/mol. The van der Waals surface area contributed by atoms with Crippen molar-refractivity contribution in [2.45, 2.75) is 18.6 Å². The first-order chi connectivity index (χ1) is 8.77. The lowest BCUT2D eigenvalue weighted by atomic mass is 9.93. The van der Waals surface area contributed by atoms with Crippen LogP contribution >= 0.6 is 0 Å². The monoisotopic (exact) mass is 242 g/mol. The third-order valence-electron chi connectivity index (χ3n) is 3.27. The Morgan fingerprint density at radius 2 is 1.94 bits per heavy atom. The van der Waals surface area contributed by atoms with E-state index in [1.165, 1.54) is 0 Å². The van der Waals surface area contributed by atoms with Gasteiger partial charge in [-0.05, 0) is 17.7 Å². The van der Waals surface area contributed by atoms with E-state index in [1.54, 1.807) is 11.2 Å². The van der Waals surface area contributed by atoms with Crippen molar-refractivity contribution in [1.29, 1.82) is 0 Å². The lowest BCUT2D eigenvalue weighted by Gasteiger charge is -2.44. The highest BCUT2D eigenvalue weighted by atomic mass is 16.3. The fourth-order valence-corrected chi connectivity index (χ4v) is 2.32. The van der Waals surface area contributed by atoms with Gasteiger partial charge in [0.2, 0.25) is 5.91 Å². The molecule has 1 aliphatic rings. The molecule has 1 aromatic heterocycles. The van der Waals surface area contributed by atoms with Crippen LogP contribution in [0.3, 0.4) is 0 Å². The van der Waals surface area contributed by atoms with E-state index in [0.29, 0.717) is 6.54 Å². The maximum Gasteiger partial charge on any atom is 0.243 e. The fourth-order valence-electron chi connectivity index (χ4n) is 2.32. The minimum atomic E-state index is -0.486. The van der Waals surface area contributed by atoms with Crippen molar-refractivity contribution in [2.24, 2.45) is 5.73 Å². The van der Waals surface area contributed by atoms with E-state index in [9.17, 15) is 4.79 Å². The predicted octanol–water partition coefficient (Wildman–Crippen LogP) is 1.69. The van der Waals surface area contributed by atoms with E-state index in [4.69, 9.17) is 10.2 Å². The van der Waals surface area contributed by atoms with Crippen molar-refractivity contribution < 1.29 is 9.21 Å². The molecule has 2 heterocycles. The molecular formula is C14H14N2O2. The number of carbonyl (C=O) groups is 1. The molecule has 1 aliphatic heterocycles. The Morgan fingerprint density at radius 1 is 1.17 bits per heavy atom. The summed E-state index contributed by atoms with van der Waals surface area (Å²) in [6, 6.07) is 12.9. The van der Waals surface area contributed by atoms with Gasteiger partial charge in [0.15, 0.2) is 0 Å². The lowest BCUT2D eigenvalue weighted by molar-refractivity contribution is -0.151.